The molecule has 0 rings (SSSR count). The summed E-state index contributed by atoms with van der Waals surface area (Å²) in [5.74, 6) is -1.13. The summed E-state index contributed by atoms with van der Waals surface area (Å²) in [5, 5.41) is 0. The zero-order chi connectivity index (χ0) is 15.2. The van der Waals surface area contributed by atoms with E-state index in [1.54, 1.807) is 0 Å². The van der Waals surface area contributed by atoms with Crippen LogP contribution in [0.25, 0.3) is 0 Å². The van der Waals surface area contributed by atoms with Crippen LogP contribution in [0.3, 0.4) is 0 Å². The molecule has 4 heteroatoms. The van der Waals surface area contributed by atoms with Crippen LogP contribution >= 0.6 is 0 Å². The Bertz CT molecular complexity index is 297. The number of carbonyl (C=O) groups is 3. The zero-order valence-corrected chi connectivity index (χ0v) is 12.9. The molecule has 0 amide bonds. The van der Waals surface area contributed by atoms with Crippen molar-refractivity contribution in [3.8, 4) is 0 Å². The normalized spacial score (nSPS) is 10.3. The van der Waals surface area contributed by atoms with E-state index in [-0.39, 0.29) is 18.6 Å². The largest absolute Gasteiger partial charge is 0.393 e. The first-order valence-electron chi connectivity index (χ1n) is 7.79. The molecular formula is C16H28O4. The molecule has 0 aromatic heterocycles. The standard InChI is InChI=1S/C16H28O4/c1-3-4-5-6-7-8-9-10-11-15(18)20-16(19)13-12-14(2)17/h3-13H2,1-2H3. The lowest BCUT2D eigenvalue weighted by Crippen LogP contribution is -2.12. The third kappa shape index (κ3) is 13.2. The Morgan fingerprint density at radius 2 is 1.20 bits per heavy atom. The highest BCUT2D eigenvalue weighted by Gasteiger charge is 2.10. The van der Waals surface area contributed by atoms with Gasteiger partial charge in [0.05, 0.1) is 6.42 Å². The Morgan fingerprint density at radius 1 is 0.700 bits per heavy atom. The molecule has 0 saturated heterocycles. The summed E-state index contributed by atoms with van der Waals surface area (Å²) in [4.78, 5) is 33.2. The number of ether oxygens (including phenoxy) is 1. The fourth-order valence-electron chi connectivity index (χ4n) is 1.91. The van der Waals surface area contributed by atoms with Crippen LogP contribution in [0, 0.1) is 0 Å². The molecule has 0 heterocycles. The van der Waals surface area contributed by atoms with Crippen molar-refractivity contribution in [2.24, 2.45) is 0 Å². The first kappa shape index (κ1) is 18.8. The fraction of sp³-hybridized carbons (Fsp3) is 0.812. The maximum absolute atomic E-state index is 11.3. The summed E-state index contributed by atoms with van der Waals surface area (Å²) in [6.45, 7) is 3.61. The van der Waals surface area contributed by atoms with Gasteiger partial charge in [-0.3, -0.25) is 9.59 Å². The number of hydrogen-bond donors (Lipinski definition) is 0. The second kappa shape index (κ2) is 12.8. The van der Waals surface area contributed by atoms with Crippen LogP contribution < -0.4 is 0 Å². The molecule has 0 spiro atoms. The molecule has 0 saturated carbocycles. The maximum Gasteiger partial charge on any atom is 0.313 e. The third-order valence-corrected chi connectivity index (χ3v) is 3.14. The molecule has 0 unspecified atom stereocenters. The van der Waals surface area contributed by atoms with Crippen molar-refractivity contribution < 1.29 is 19.1 Å². The second-order valence-corrected chi connectivity index (χ2v) is 5.27. The number of Topliss-reactive ketones (excluding diaryl/α,β-unsaturated/α-hetero) is 1. The lowest BCUT2D eigenvalue weighted by atomic mass is 10.1. The fourth-order valence-corrected chi connectivity index (χ4v) is 1.91. The van der Waals surface area contributed by atoms with E-state index < -0.39 is 11.9 Å². The van der Waals surface area contributed by atoms with E-state index >= 15 is 0 Å². The molecule has 0 aliphatic carbocycles. The minimum absolute atomic E-state index is 0.00149. The molecule has 0 bridgehead atoms. The number of rotatable bonds is 12. The monoisotopic (exact) mass is 284 g/mol. The number of carbonyl (C=O) groups excluding carboxylic acids is 3. The van der Waals surface area contributed by atoms with Gasteiger partial charge in [0, 0.05) is 12.8 Å². The number of ketones is 1. The molecule has 4 nitrogen and oxygen atoms in total. The van der Waals surface area contributed by atoms with Crippen molar-refractivity contribution in [1.29, 1.82) is 0 Å². The molecule has 0 atom stereocenters. The van der Waals surface area contributed by atoms with Crippen molar-refractivity contribution in [1.82, 2.24) is 0 Å². The van der Waals surface area contributed by atoms with E-state index in [9.17, 15) is 14.4 Å². The number of hydrogen-bond acceptors (Lipinski definition) is 4. The highest BCUT2D eigenvalue weighted by Crippen LogP contribution is 2.10. The predicted octanol–water partition coefficient (Wildman–Crippen LogP) is 3.96. The summed E-state index contributed by atoms with van der Waals surface area (Å²) < 4.78 is 4.63. The molecule has 0 aromatic carbocycles. The van der Waals surface area contributed by atoms with Gasteiger partial charge < -0.3 is 9.53 Å². The first-order valence-corrected chi connectivity index (χ1v) is 7.79. The van der Waals surface area contributed by atoms with Crippen molar-refractivity contribution in [2.75, 3.05) is 0 Å². The SMILES string of the molecule is CCCCCCCCCCC(=O)OC(=O)CCC(C)=O. The Labute approximate surface area is 122 Å². The van der Waals surface area contributed by atoms with Gasteiger partial charge in [-0.05, 0) is 13.3 Å². The van der Waals surface area contributed by atoms with Crippen LogP contribution in [0.2, 0.25) is 0 Å². The van der Waals surface area contributed by atoms with Gasteiger partial charge in [-0.25, -0.2) is 0 Å². The summed E-state index contributed by atoms with van der Waals surface area (Å²) in [7, 11) is 0. The molecule has 0 N–H and O–H groups in total. The van der Waals surface area contributed by atoms with E-state index in [1.165, 1.54) is 39.0 Å². The Kier molecular flexibility index (Phi) is 12.1. The van der Waals surface area contributed by atoms with Gasteiger partial charge in [-0.2, -0.15) is 0 Å². The van der Waals surface area contributed by atoms with Crippen LogP contribution in [0.4, 0.5) is 0 Å². The predicted molar refractivity (Wildman–Crippen MR) is 78.2 cm³/mol. The Morgan fingerprint density at radius 3 is 1.75 bits per heavy atom. The van der Waals surface area contributed by atoms with Crippen molar-refractivity contribution >= 4 is 17.7 Å². The van der Waals surface area contributed by atoms with E-state index in [4.69, 9.17) is 0 Å². The quantitative estimate of drug-likeness (QED) is 0.309. The number of esters is 2. The van der Waals surface area contributed by atoms with Crippen molar-refractivity contribution in [3.63, 3.8) is 0 Å². The van der Waals surface area contributed by atoms with Gasteiger partial charge in [-0.15, -0.1) is 0 Å². The number of unbranched alkanes of at least 4 members (excludes halogenated alkanes) is 7. The van der Waals surface area contributed by atoms with Crippen molar-refractivity contribution in [2.45, 2.75) is 84.5 Å². The van der Waals surface area contributed by atoms with Crippen LogP contribution in [0.5, 0.6) is 0 Å². The van der Waals surface area contributed by atoms with Crippen molar-refractivity contribution in [3.05, 3.63) is 0 Å². The molecule has 0 aliphatic heterocycles. The average Bonchev–Trinajstić information content (AvgIpc) is 2.39. The molecule has 116 valence electrons. The molecular weight excluding hydrogens is 256 g/mol. The maximum atomic E-state index is 11.3. The van der Waals surface area contributed by atoms with E-state index in [2.05, 4.69) is 11.7 Å². The van der Waals surface area contributed by atoms with E-state index in [0.29, 0.717) is 6.42 Å². The van der Waals surface area contributed by atoms with Gasteiger partial charge in [0.25, 0.3) is 0 Å². The lowest BCUT2D eigenvalue weighted by molar-refractivity contribution is -0.160. The topological polar surface area (TPSA) is 60.4 Å². The Hall–Kier alpha value is -1.19. The Balaban J connectivity index is 3.40. The minimum Gasteiger partial charge on any atom is -0.393 e. The highest BCUT2D eigenvalue weighted by molar-refractivity contribution is 5.87. The second-order valence-electron chi connectivity index (χ2n) is 5.27. The van der Waals surface area contributed by atoms with Crippen LogP contribution in [0.15, 0.2) is 0 Å². The van der Waals surface area contributed by atoms with Crippen LogP contribution in [-0.2, 0) is 19.1 Å². The molecule has 0 aromatic rings. The van der Waals surface area contributed by atoms with Crippen LogP contribution in [-0.4, -0.2) is 17.7 Å². The molecule has 0 fully saturated rings. The van der Waals surface area contributed by atoms with Gasteiger partial charge in [0.1, 0.15) is 5.78 Å². The molecule has 0 aliphatic rings. The first-order chi connectivity index (χ1) is 9.56. The van der Waals surface area contributed by atoms with Gasteiger partial charge >= 0.3 is 11.9 Å². The summed E-state index contributed by atoms with van der Waals surface area (Å²) >= 11 is 0. The lowest BCUT2D eigenvalue weighted by Gasteiger charge is -2.03. The third-order valence-electron chi connectivity index (χ3n) is 3.14. The van der Waals surface area contributed by atoms with E-state index in [0.717, 1.165) is 19.3 Å². The van der Waals surface area contributed by atoms with Gasteiger partial charge in [-0.1, -0.05) is 51.9 Å². The van der Waals surface area contributed by atoms with Gasteiger partial charge in [0.2, 0.25) is 0 Å². The zero-order valence-electron chi connectivity index (χ0n) is 12.9. The highest BCUT2D eigenvalue weighted by atomic mass is 16.6. The van der Waals surface area contributed by atoms with Gasteiger partial charge in [0.15, 0.2) is 0 Å². The van der Waals surface area contributed by atoms with E-state index in [1.807, 2.05) is 0 Å². The minimum atomic E-state index is -0.593. The smallest absolute Gasteiger partial charge is 0.313 e. The average molecular weight is 284 g/mol. The summed E-state index contributed by atoms with van der Waals surface area (Å²) in [5.41, 5.74) is 0. The molecule has 0 radical (unpaired) electrons. The summed E-state index contributed by atoms with van der Waals surface area (Å²) in [6.07, 6.45) is 9.67. The molecule has 20 heavy (non-hydrogen) atoms. The van der Waals surface area contributed by atoms with Crippen LogP contribution in [0.1, 0.15) is 84.5 Å². The summed E-state index contributed by atoms with van der Waals surface area (Å²) in [6, 6.07) is 0.